The molecule has 0 bridgehead atoms. The van der Waals surface area contributed by atoms with Crippen molar-refractivity contribution >= 4 is 17.3 Å². The maximum Gasteiger partial charge on any atom is 0.0505 e. The van der Waals surface area contributed by atoms with Gasteiger partial charge in [-0.2, -0.15) is 0 Å². The van der Waals surface area contributed by atoms with Crippen molar-refractivity contribution in [2.75, 3.05) is 18.8 Å². The molecule has 1 aliphatic rings. The minimum absolute atomic E-state index is 0.462. The van der Waals surface area contributed by atoms with Crippen molar-refractivity contribution in [2.24, 2.45) is 5.92 Å². The molecule has 1 aliphatic heterocycles. The highest BCUT2D eigenvalue weighted by Gasteiger charge is 2.25. The van der Waals surface area contributed by atoms with Gasteiger partial charge in [-0.3, -0.25) is 4.90 Å². The van der Waals surface area contributed by atoms with E-state index >= 15 is 0 Å². The Bertz CT molecular complexity index is 1200. The van der Waals surface area contributed by atoms with E-state index in [0.29, 0.717) is 16.6 Å². The lowest BCUT2D eigenvalue weighted by atomic mass is 9.98. The first-order valence-electron chi connectivity index (χ1n) is 13.7. The van der Waals surface area contributed by atoms with Gasteiger partial charge in [-0.15, -0.1) is 0 Å². The van der Waals surface area contributed by atoms with Crippen LogP contribution < -0.4 is 11.1 Å². The van der Waals surface area contributed by atoms with Gasteiger partial charge in [0.1, 0.15) is 0 Å². The van der Waals surface area contributed by atoms with Gasteiger partial charge in [0.2, 0.25) is 0 Å². The summed E-state index contributed by atoms with van der Waals surface area (Å²) in [6.07, 6.45) is 11.9. The van der Waals surface area contributed by atoms with Gasteiger partial charge in [0.05, 0.1) is 5.02 Å². The summed E-state index contributed by atoms with van der Waals surface area (Å²) in [6.45, 7) is 21.2. The topological polar surface area (TPSA) is 46.2 Å². The van der Waals surface area contributed by atoms with Crippen molar-refractivity contribution in [3.63, 3.8) is 0 Å². The van der Waals surface area contributed by atoms with E-state index in [-0.39, 0.29) is 0 Å². The lowest BCUT2D eigenvalue weighted by Crippen LogP contribution is -2.35. The first kappa shape index (κ1) is 28.9. The zero-order chi connectivity index (χ0) is 27.1. The smallest absolute Gasteiger partial charge is 0.0505 e. The number of nitrogens with two attached hydrogens (primary N) is 1. The average Bonchev–Trinajstić information content (AvgIpc) is 3.23. The van der Waals surface area contributed by atoms with E-state index in [0.717, 1.165) is 56.6 Å². The number of nitrogen functional groups attached to an aromatic ring is 1. The first-order chi connectivity index (χ1) is 17.7. The predicted molar refractivity (Wildman–Crippen MR) is 162 cm³/mol. The molecule has 37 heavy (non-hydrogen) atoms. The summed E-state index contributed by atoms with van der Waals surface area (Å²) in [5.41, 5.74) is 16.7. The molecule has 1 aromatic carbocycles. The summed E-state index contributed by atoms with van der Waals surface area (Å²) in [4.78, 5) is 2.54. The molecular weight excluding hydrogens is 476 g/mol. The third-order valence-corrected chi connectivity index (χ3v) is 7.66. The van der Waals surface area contributed by atoms with Crippen LogP contribution in [0.25, 0.3) is 11.1 Å². The highest BCUT2D eigenvalue weighted by Crippen LogP contribution is 2.37. The Morgan fingerprint density at radius 2 is 1.95 bits per heavy atom. The molecule has 0 saturated heterocycles. The number of benzene rings is 1. The number of rotatable bonds is 11. The summed E-state index contributed by atoms with van der Waals surface area (Å²) in [5, 5.41) is 4.50. The van der Waals surface area contributed by atoms with Gasteiger partial charge in [-0.1, -0.05) is 69.7 Å². The fourth-order valence-corrected chi connectivity index (χ4v) is 5.08. The second-order valence-electron chi connectivity index (χ2n) is 10.3. The Morgan fingerprint density at radius 1 is 1.19 bits per heavy atom. The van der Waals surface area contributed by atoms with Crippen molar-refractivity contribution in [1.29, 1.82) is 0 Å². The summed E-state index contributed by atoms with van der Waals surface area (Å²) in [6, 6.07) is 5.85. The van der Waals surface area contributed by atoms with Gasteiger partial charge in [0, 0.05) is 72.7 Å². The second-order valence-corrected chi connectivity index (χ2v) is 10.7. The van der Waals surface area contributed by atoms with Crippen molar-refractivity contribution < 1.29 is 0 Å². The zero-order valence-electron chi connectivity index (χ0n) is 23.6. The lowest BCUT2D eigenvalue weighted by Gasteiger charge is -2.30. The number of hydrogen-bond acceptors (Lipinski definition) is 3. The largest absolute Gasteiger partial charge is 0.399 e. The Balaban J connectivity index is 1.89. The standard InChI is InChI=1S/C32H45ClN4/c1-8-11-26(35-31(24(7)22(4)5)15-12-23(6)9-2)19-36-17-16-32-29(20-36)28(21-37(32)10-3)27-14-13-25(34)18-30(27)33/h11-15,18,21-22,35H,6,8-10,16-17,19-20,34H2,1-5,7H3/b15-12-,26-11+,31-24+. The highest BCUT2D eigenvalue weighted by molar-refractivity contribution is 6.33. The molecule has 4 nitrogen and oxygen atoms in total. The molecule has 2 heterocycles. The van der Waals surface area contributed by atoms with E-state index in [2.05, 4.69) is 93.4 Å². The summed E-state index contributed by atoms with van der Waals surface area (Å²) in [5.74, 6) is 0.462. The lowest BCUT2D eigenvalue weighted by molar-refractivity contribution is 0.268. The number of anilines is 1. The fourth-order valence-electron chi connectivity index (χ4n) is 4.79. The number of fused-ring (bicyclic) bond motifs is 1. The number of allylic oxidation sites excluding steroid dienone is 5. The second kappa shape index (κ2) is 13.2. The van der Waals surface area contributed by atoms with E-state index in [1.54, 1.807) is 0 Å². The van der Waals surface area contributed by atoms with Crippen LogP contribution in [0.15, 0.2) is 71.7 Å². The van der Waals surface area contributed by atoms with Crippen molar-refractivity contribution in [3.05, 3.63) is 88.0 Å². The average molecular weight is 521 g/mol. The van der Waals surface area contributed by atoms with Crippen molar-refractivity contribution in [2.45, 2.75) is 73.9 Å². The van der Waals surface area contributed by atoms with Gasteiger partial charge < -0.3 is 15.6 Å². The Kier molecular flexibility index (Phi) is 10.3. The molecule has 0 atom stereocenters. The number of aryl methyl sites for hydroxylation is 1. The van der Waals surface area contributed by atoms with Gasteiger partial charge in [-0.25, -0.2) is 0 Å². The van der Waals surface area contributed by atoms with Gasteiger partial charge >= 0.3 is 0 Å². The number of nitrogens with one attached hydrogen (secondary N) is 1. The monoisotopic (exact) mass is 520 g/mol. The van der Waals surface area contributed by atoms with Crippen LogP contribution in [-0.2, 0) is 19.5 Å². The molecule has 0 unspecified atom stereocenters. The van der Waals surface area contributed by atoms with E-state index in [9.17, 15) is 0 Å². The van der Waals surface area contributed by atoms with E-state index in [4.69, 9.17) is 17.3 Å². The van der Waals surface area contributed by atoms with E-state index < -0.39 is 0 Å². The minimum atomic E-state index is 0.462. The molecular formula is C32H45ClN4. The molecule has 0 fully saturated rings. The summed E-state index contributed by atoms with van der Waals surface area (Å²) < 4.78 is 2.38. The summed E-state index contributed by atoms with van der Waals surface area (Å²) in [7, 11) is 0. The van der Waals surface area contributed by atoms with Gasteiger partial charge in [0.25, 0.3) is 0 Å². The SMILES string of the molecule is C=C(/C=C\C(N/C(=C/CC)CN1CCc2c(c(-c3ccc(N)cc3Cl)cn2CC)C1)=C(\C)C(C)C)CC. The van der Waals surface area contributed by atoms with E-state index in [1.165, 1.54) is 33.8 Å². The number of halogens is 1. The first-order valence-corrected chi connectivity index (χ1v) is 14.1. The number of hydrogen-bond donors (Lipinski definition) is 2. The maximum absolute atomic E-state index is 6.66. The molecule has 2 aromatic rings. The van der Waals surface area contributed by atoms with Crippen LogP contribution >= 0.6 is 11.6 Å². The maximum atomic E-state index is 6.66. The molecule has 0 radical (unpaired) electrons. The van der Waals surface area contributed by atoms with Crippen LogP contribution in [-0.4, -0.2) is 22.6 Å². The molecule has 5 heteroatoms. The van der Waals surface area contributed by atoms with Crippen LogP contribution in [0.4, 0.5) is 5.69 Å². The van der Waals surface area contributed by atoms with Crippen LogP contribution in [0.5, 0.6) is 0 Å². The van der Waals surface area contributed by atoms with Crippen LogP contribution in [0.2, 0.25) is 5.02 Å². The highest BCUT2D eigenvalue weighted by atomic mass is 35.5. The molecule has 0 amide bonds. The number of aromatic nitrogens is 1. The number of nitrogens with zero attached hydrogens (tertiary/aromatic N) is 2. The third kappa shape index (κ3) is 7.21. The fraction of sp³-hybridized carbons (Fsp3) is 0.438. The predicted octanol–water partition coefficient (Wildman–Crippen LogP) is 8.10. The third-order valence-electron chi connectivity index (χ3n) is 7.35. The molecule has 200 valence electrons. The van der Waals surface area contributed by atoms with Crippen LogP contribution in [0, 0.1) is 5.92 Å². The molecule has 0 spiro atoms. The van der Waals surface area contributed by atoms with Crippen molar-refractivity contribution in [1.82, 2.24) is 14.8 Å². The zero-order valence-corrected chi connectivity index (χ0v) is 24.4. The van der Waals surface area contributed by atoms with Crippen LogP contribution in [0.3, 0.4) is 0 Å². The molecule has 1 aromatic heterocycles. The molecule has 0 saturated carbocycles. The summed E-state index contributed by atoms with van der Waals surface area (Å²) >= 11 is 6.66. The Labute approximate surface area is 229 Å². The normalized spacial score (nSPS) is 15.3. The molecule has 0 aliphatic carbocycles. The molecule has 3 rings (SSSR count). The van der Waals surface area contributed by atoms with Crippen molar-refractivity contribution in [3.8, 4) is 11.1 Å². The van der Waals surface area contributed by atoms with Gasteiger partial charge in [-0.05, 0) is 62.0 Å². The van der Waals surface area contributed by atoms with Gasteiger partial charge in [0.15, 0.2) is 0 Å². The quantitative estimate of drug-likeness (QED) is 0.232. The Hall–Kier alpha value is -2.69. The Morgan fingerprint density at radius 3 is 2.57 bits per heavy atom. The van der Waals surface area contributed by atoms with Crippen LogP contribution in [0.1, 0.15) is 65.6 Å². The minimum Gasteiger partial charge on any atom is -0.399 e. The van der Waals surface area contributed by atoms with E-state index in [1.807, 2.05) is 12.1 Å². The molecule has 3 N–H and O–H groups in total.